The van der Waals surface area contributed by atoms with Crippen LogP contribution in [0.4, 0.5) is 4.79 Å². The fourth-order valence-electron chi connectivity index (χ4n) is 6.35. The summed E-state index contributed by atoms with van der Waals surface area (Å²) in [5, 5.41) is 2.94. The van der Waals surface area contributed by atoms with Gasteiger partial charge >= 0.3 is 6.03 Å². The molecule has 3 aliphatic rings. The molecule has 2 aliphatic carbocycles. The lowest BCUT2D eigenvalue weighted by Gasteiger charge is -2.51. The minimum atomic E-state index is -0.214. The molecular formula is C30H43N5O2. The Hall–Kier alpha value is -2.93. The van der Waals surface area contributed by atoms with Crippen molar-refractivity contribution in [1.29, 1.82) is 0 Å². The maximum atomic E-state index is 13.7. The van der Waals surface area contributed by atoms with Crippen LogP contribution in [0.3, 0.4) is 0 Å². The molecule has 1 N–H and O–H groups in total. The van der Waals surface area contributed by atoms with E-state index in [0.717, 1.165) is 37.9 Å². The lowest BCUT2D eigenvalue weighted by Crippen LogP contribution is -2.56. The van der Waals surface area contributed by atoms with E-state index in [0.29, 0.717) is 18.2 Å². The highest BCUT2D eigenvalue weighted by Gasteiger charge is 2.55. The number of nitrogens with one attached hydrogen (secondary N) is 1. The summed E-state index contributed by atoms with van der Waals surface area (Å²) in [6.07, 6.45) is 11.1. The summed E-state index contributed by atoms with van der Waals surface area (Å²) in [5.74, 6) is 0.399. The van der Waals surface area contributed by atoms with Gasteiger partial charge in [-0.1, -0.05) is 42.8 Å². The van der Waals surface area contributed by atoms with Crippen LogP contribution in [0, 0.1) is 5.92 Å². The minimum Gasteiger partial charge on any atom is -0.325 e. The second kappa shape index (κ2) is 11.2. The number of hydrogen-bond donors (Lipinski definition) is 1. The number of urea groups is 1. The van der Waals surface area contributed by atoms with Crippen molar-refractivity contribution in [2.45, 2.75) is 69.9 Å². The fourth-order valence-corrected chi connectivity index (χ4v) is 6.35. The second-order valence-electron chi connectivity index (χ2n) is 11.3. The Morgan fingerprint density at radius 2 is 1.86 bits per heavy atom. The van der Waals surface area contributed by atoms with E-state index in [1.54, 1.807) is 11.0 Å². The molecule has 1 aromatic carbocycles. The lowest BCUT2D eigenvalue weighted by atomic mass is 9.68. The molecule has 2 saturated carbocycles. The number of benzene rings is 1. The lowest BCUT2D eigenvalue weighted by molar-refractivity contribution is -0.120. The number of hydrogen-bond acceptors (Lipinski definition) is 4. The van der Waals surface area contributed by atoms with E-state index in [-0.39, 0.29) is 29.6 Å². The summed E-state index contributed by atoms with van der Waals surface area (Å²) in [7, 11) is 4.34. The Morgan fingerprint density at radius 1 is 1.19 bits per heavy atom. The van der Waals surface area contributed by atoms with Crippen molar-refractivity contribution in [3.63, 3.8) is 0 Å². The summed E-state index contributed by atoms with van der Waals surface area (Å²) in [6.45, 7) is 8.71. The van der Waals surface area contributed by atoms with E-state index >= 15 is 0 Å². The smallest absolute Gasteiger partial charge is 0.321 e. The van der Waals surface area contributed by atoms with Crippen molar-refractivity contribution in [2.24, 2.45) is 10.9 Å². The average Bonchev–Trinajstić information content (AvgIpc) is 3.11. The van der Waals surface area contributed by atoms with Crippen LogP contribution < -0.4 is 5.32 Å². The number of rotatable bonds is 9. The van der Waals surface area contributed by atoms with Gasteiger partial charge in [0, 0.05) is 30.0 Å². The maximum absolute atomic E-state index is 13.7. The topological polar surface area (TPSA) is 68.2 Å². The zero-order valence-electron chi connectivity index (χ0n) is 23.0. The minimum absolute atomic E-state index is 0.0145. The van der Waals surface area contributed by atoms with Gasteiger partial charge in [-0.05, 0) is 90.7 Å². The molecule has 7 nitrogen and oxygen atoms in total. The van der Waals surface area contributed by atoms with Gasteiger partial charge in [-0.25, -0.2) is 4.79 Å². The zero-order valence-corrected chi connectivity index (χ0v) is 23.0. The predicted molar refractivity (Wildman–Crippen MR) is 149 cm³/mol. The summed E-state index contributed by atoms with van der Waals surface area (Å²) in [6, 6.07) is 10.8. The molecule has 0 radical (unpaired) electrons. The van der Waals surface area contributed by atoms with Crippen LogP contribution >= 0.6 is 0 Å². The van der Waals surface area contributed by atoms with Gasteiger partial charge in [0.05, 0.1) is 5.54 Å². The molecule has 1 heterocycles. The number of carbonyl (C=O) groups excluding carboxylic acids is 2. The number of allylic oxidation sites excluding steroid dienone is 3. The largest absolute Gasteiger partial charge is 0.325 e. The molecule has 1 aliphatic heterocycles. The summed E-state index contributed by atoms with van der Waals surface area (Å²) in [4.78, 5) is 36.9. The van der Waals surface area contributed by atoms with Gasteiger partial charge < -0.3 is 15.1 Å². The van der Waals surface area contributed by atoms with Crippen molar-refractivity contribution < 1.29 is 9.59 Å². The third-order valence-electron chi connectivity index (χ3n) is 8.94. The van der Waals surface area contributed by atoms with Crippen molar-refractivity contribution in [2.75, 3.05) is 33.7 Å². The van der Waals surface area contributed by atoms with Gasteiger partial charge in [0.15, 0.2) is 0 Å². The predicted octanol–water partition coefficient (Wildman–Crippen LogP) is 4.92. The second-order valence-corrected chi connectivity index (χ2v) is 11.3. The number of nitrogens with zero attached hydrogens (tertiary/aromatic N) is 4. The molecule has 1 spiro atoms. The van der Waals surface area contributed by atoms with E-state index in [9.17, 15) is 9.59 Å². The van der Waals surface area contributed by atoms with E-state index < -0.39 is 0 Å². The van der Waals surface area contributed by atoms with Gasteiger partial charge in [-0.2, -0.15) is 0 Å². The first kappa shape index (κ1) is 27.1. The number of aliphatic imine (C=N–C) groups is 1. The molecule has 0 aromatic heterocycles. The van der Waals surface area contributed by atoms with E-state index in [1.165, 1.54) is 24.8 Å². The third-order valence-corrected chi connectivity index (χ3v) is 8.94. The number of amides is 3. The van der Waals surface area contributed by atoms with Crippen LogP contribution in [0.25, 0.3) is 0 Å². The molecule has 200 valence electrons. The van der Waals surface area contributed by atoms with Gasteiger partial charge in [-0.15, -0.1) is 0 Å². The molecule has 1 aromatic rings. The van der Waals surface area contributed by atoms with Crippen LogP contribution in [0.1, 0.15) is 64.4 Å². The Bertz CT molecular complexity index is 1050. The fraction of sp³-hybridized carbons (Fsp3) is 0.567. The van der Waals surface area contributed by atoms with Crippen molar-refractivity contribution in [3.8, 4) is 0 Å². The van der Waals surface area contributed by atoms with Crippen LogP contribution in [-0.4, -0.2) is 72.6 Å². The standard InChI is InChI=1S/C30H43N5O2/c1-6-26(19-23(2)31-3)32-27(36)21-34-22-29(35(28(34)37)20-24-11-10-12-24)15-17-30(18-16-29,33(4)5)25-13-8-7-9-14-25/h6-9,13-14,19,24H,3,10-12,15-18,20-22H2,1-2,4-5H3,(H,32,36)/b23-19-,26-6+/t29-,30+. The van der Waals surface area contributed by atoms with Crippen LogP contribution in [0.15, 0.2) is 58.9 Å². The van der Waals surface area contributed by atoms with Gasteiger partial charge in [-0.3, -0.25) is 14.7 Å². The highest BCUT2D eigenvalue weighted by molar-refractivity contribution is 5.87. The molecular weight excluding hydrogens is 462 g/mol. The van der Waals surface area contributed by atoms with Gasteiger partial charge in [0.2, 0.25) is 5.91 Å². The van der Waals surface area contributed by atoms with E-state index in [4.69, 9.17) is 0 Å². The molecule has 3 fully saturated rings. The highest BCUT2D eigenvalue weighted by atomic mass is 16.2. The molecule has 0 bridgehead atoms. The SMILES string of the molecule is C=N/C(C)=C\C(=C/C)NC(=O)CN1C[C@]2(CC[C@](c3ccccc3)(N(C)C)CC2)N(CC2CCC2)C1=O. The quantitative estimate of drug-likeness (QED) is 0.383. The first-order valence-electron chi connectivity index (χ1n) is 13.6. The Kier molecular flexibility index (Phi) is 8.22. The summed E-state index contributed by atoms with van der Waals surface area (Å²) < 4.78 is 0. The highest BCUT2D eigenvalue weighted by Crippen LogP contribution is 2.49. The van der Waals surface area contributed by atoms with Crippen LogP contribution in [0.2, 0.25) is 0 Å². The van der Waals surface area contributed by atoms with Crippen molar-refractivity contribution >= 4 is 18.7 Å². The van der Waals surface area contributed by atoms with Gasteiger partial charge in [0.25, 0.3) is 0 Å². The number of carbonyl (C=O) groups is 2. The third kappa shape index (κ3) is 5.52. The first-order valence-corrected chi connectivity index (χ1v) is 13.6. The summed E-state index contributed by atoms with van der Waals surface area (Å²) in [5.41, 5.74) is 2.48. The Morgan fingerprint density at radius 3 is 2.41 bits per heavy atom. The molecule has 3 amide bonds. The van der Waals surface area contributed by atoms with Crippen LogP contribution in [0.5, 0.6) is 0 Å². The Balaban J connectivity index is 1.52. The molecule has 7 heteroatoms. The van der Waals surface area contributed by atoms with Gasteiger partial charge in [0.1, 0.15) is 6.54 Å². The summed E-state index contributed by atoms with van der Waals surface area (Å²) >= 11 is 0. The van der Waals surface area contributed by atoms with Crippen molar-refractivity contribution in [3.05, 3.63) is 59.4 Å². The average molecular weight is 506 g/mol. The maximum Gasteiger partial charge on any atom is 0.321 e. The van der Waals surface area contributed by atoms with Crippen molar-refractivity contribution in [1.82, 2.24) is 20.0 Å². The van der Waals surface area contributed by atoms with E-state index in [2.05, 4.69) is 71.3 Å². The molecule has 37 heavy (non-hydrogen) atoms. The van der Waals surface area contributed by atoms with Crippen LogP contribution in [-0.2, 0) is 10.3 Å². The monoisotopic (exact) mass is 505 g/mol. The van der Waals surface area contributed by atoms with E-state index in [1.807, 2.05) is 19.9 Å². The zero-order chi connectivity index (χ0) is 26.6. The Labute approximate surface area is 222 Å². The molecule has 0 unspecified atom stereocenters. The molecule has 0 atom stereocenters. The molecule has 4 rings (SSSR count). The first-order chi connectivity index (χ1) is 17.7. The normalized spacial score (nSPS) is 27.1. The molecule has 1 saturated heterocycles.